The molecule has 7 heteroatoms. The lowest BCUT2D eigenvalue weighted by molar-refractivity contribution is -0.122. The van der Waals surface area contributed by atoms with Crippen molar-refractivity contribution in [1.29, 1.82) is 0 Å². The number of hydrogen-bond acceptors (Lipinski definition) is 5. The molecule has 4 aromatic carbocycles. The smallest absolute Gasteiger partial charge is 0.335 e. The molecule has 1 fully saturated rings. The molecule has 1 aliphatic rings. The Kier molecular flexibility index (Phi) is 7.17. The highest BCUT2D eigenvalue weighted by Crippen LogP contribution is 2.32. The van der Waals surface area contributed by atoms with E-state index >= 15 is 0 Å². The number of urea groups is 1. The van der Waals surface area contributed by atoms with Crippen LogP contribution < -0.4 is 19.7 Å². The summed E-state index contributed by atoms with van der Waals surface area (Å²) in [6.07, 6.45) is 2.30. The third-order valence-electron chi connectivity index (χ3n) is 6.13. The number of rotatable bonds is 8. The normalized spacial score (nSPS) is 14.6. The average molecular weight is 507 g/mol. The molecular formula is C31H26N2O5. The van der Waals surface area contributed by atoms with Crippen LogP contribution in [0.5, 0.6) is 11.5 Å². The summed E-state index contributed by atoms with van der Waals surface area (Å²) in [5.41, 5.74) is 1.78. The van der Waals surface area contributed by atoms with Crippen molar-refractivity contribution in [2.24, 2.45) is 0 Å². The van der Waals surface area contributed by atoms with Crippen LogP contribution in [0, 0.1) is 0 Å². The second-order valence-electron chi connectivity index (χ2n) is 8.77. The summed E-state index contributed by atoms with van der Waals surface area (Å²) in [4.78, 5) is 40.0. The topological polar surface area (TPSA) is 84.9 Å². The highest BCUT2D eigenvalue weighted by Gasteiger charge is 2.37. The largest absolute Gasteiger partial charge is 0.493 e. The monoisotopic (exact) mass is 506 g/mol. The van der Waals surface area contributed by atoms with Crippen molar-refractivity contribution in [3.8, 4) is 11.5 Å². The summed E-state index contributed by atoms with van der Waals surface area (Å²) in [7, 11) is 0. The lowest BCUT2D eigenvalue weighted by Crippen LogP contribution is -2.54. The van der Waals surface area contributed by atoms with Crippen LogP contribution in [0.3, 0.4) is 0 Å². The van der Waals surface area contributed by atoms with Crippen molar-refractivity contribution in [2.75, 3.05) is 11.5 Å². The van der Waals surface area contributed by atoms with Crippen LogP contribution in [0.4, 0.5) is 10.5 Å². The maximum Gasteiger partial charge on any atom is 0.335 e. The zero-order valence-electron chi connectivity index (χ0n) is 20.8. The predicted octanol–water partition coefficient (Wildman–Crippen LogP) is 5.87. The van der Waals surface area contributed by atoms with Crippen molar-refractivity contribution in [3.05, 3.63) is 108 Å². The van der Waals surface area contributed by atoms with E-state index in [1.54, 1.807) is 24.3 Å². The standard InChI is InChI=1S/C31H26N2O5/c1-2-18-37-28-17-12-22-10-6-7-11-25(22)26(28)19-27-29(34)32-31(36)33(30(27)35)23-13-15-24(16-14-23)38-20-21-8-4-3-5-9-21/h3-17,19H,2,18,20H2,1H3,(H,32,34,36)/b27-19+. The average Bonchev–Trinajstić information content (AvgIpc) is 2.94. The van der Waals surface area contributed by atoms with Crippen LogP contribution >= 0.6 is 0 Å². The van der Waals surface area contributed by atoms with Crippen LogP contribution in [-0.4, -0.2) is 24.5 Å². The Hall–Kier alpha value is -4.91. The summed E-state index contributed by atoms with van der Waals surface area (Å²) in [5.74, 6) is -0.329. The molecule has 190 valence electrons. The van der Waals surface area contributed by atoms with E-state index in [-0.39, 0.29) is 5.57 Å². The molecule has 1 heterocycles. The molecule has 0 radical (unpaired) electrons. The van der Waals surface area contributed by atoms with E-state index < -0.39 is 17.8 Å². The minimum Gasteiger partial charge on any atom is -0.493 e. The lowest BCUT2D eigenvalue weighted by atomic mass is 9.99. The molecule has 0 unspecified atom stereocenters. The summed E-state index contributed by atoms with van der Waals surface area (Å²) < 4.78 is 11.7. The van der Waals surface area contributed by atoms with Gasteiger partial charge in [0.1, 0.15) is 23.7 Å². The fourth-order valence-corrected chi connectivity index (χ4v) is 4.23. The molecule has 1 saturated heterocycles. The molecule has 1 aliphatic heterocycles. The first kappa shape index (κ1) is 24.8. The molecule has 0 spiro atoms. The fourth-order valence-electron chi connectivity index (χ4n) is 4.23. The van der Waals surface area contributed by atoms with Crippen molar-refractivity contribution >= 4 is 40.4 Å². The Morgan fingerprint density at radius 2 is 1.55 bits per heavy atom. The predicted molar refractivity (Wildman–Crippen MR) is 146 cm³/mol. The molecule has 0 saturated carbocycles. The van der Waals surface area contributed by atoms with E-state index in [9.17, 15) is 14.4 Å². The van der Waals surface area contributed by atoms with E-state index in [1.165, 1.54) is 6.08 Å². The van der Waals surface area contributed by atoms with E-state index in [0.717, 1.165) is 27.7 Å². The van der Waals surface area contributed by atoms with Gasteiger partial charge in [-0.2, -0.15) is 0 Å². The van der Waals surface area contributed by atoms with Gasteiger partial charge < -0.3 is 9.47 Å². The fraction of sp³-hybridized carbons (Fsp3) is 0.129. The Morgan fingerprint density at radius 1 is 0.816 bits per heavy atom. The molecule has 0 aliphatic carbocycles. The molecule has 4 aromatic rings. The molecule has 0 bridgehead atoms. The van der Waals surface area contributed by atoms with Gasteiger partial charge in [0.2, 0.25) is 0 Å². The number of fused-ring (bicyclic) bond motifs is 1. The summed E-state index contributed by atoms with van der Waals surface area (Å²) >= 11 is 0. The number of nitrogens with zero attached hydrogens (tertiary/aromatic N) is 1. The van der Waals surface area contributed by atoms with Gasteiger partial charge in [0.05, 0.1) is 12.3 Å². The Morgan fingerprint density at radius 3 is 2.32 bits per heavy atom. The third kappa shape index (κ3) is 5.13. The van der Waals surface area contributed by atoms with E-state index in [0.29, 0.717) is 36.0 Å². The van der Waals surface area contributed by atoms with Crippen LogP contribution in [0.15, 0.2) is 96.6 Å². The minimum absolute atomic E-state index is 0.160. The molecule has 38 heavy (non-hydrogen) atoms. The first-order chi connectivity index (χ1) is 18.5. The zero-order valence-corrected chi connectivity index (χ0v) is 20.8. The number of benzene rings is 4. The Balaban J connectivity index is 1.45. The van der Waals surface area contributed by atoms with Gasteiger partial charge in [0, 0.05) is 5.56 Å². The number of amides is 4. The SMILES string of the molecule is CCCOc1ccc2ccccc2c1/C=C1\C(=O)NC(=O)N(c2ccc(OCc3ccccc3)cc2)C1=O. The highest BCUT2D eigenvalue weighted by molar-refractivity contribution is 6.39. The van der Waals surface area contributed by atoms with Crippen LogP contribution in [0.1, 0.15) is 24.5 Å². The number of ether oxygens (including phenoxy) is 2. The molecule has 0 atom stereocenters. The molecule has 4 amide bonds. The Labute approximate surface area is 220 Å². The van der Waals surface area contributed by atoms with Crippen LogP contribution in [0.2, 0.25) is 0 Å². The number of carbonyl (C=O) groups excluding carboxylic acids is 3. The second kappa shape index (κ2) is 11.0. The maximum absolute atomic E-state index is 13.5. The van der Waals surface area contributed by atoms with Crippen LogP contribution in [0.25, 0.3) is 16.8 Å². The van der Waals surface area contributed by atoms with Crippen molar-refractivity contribution < 1.29 is 23.9 Å². The van der Waals surface area contributed by atoms with Crippen molar-refractivity contribution in [1.82, 2.24) is 5.32 Å². The molecule has 7 nitrogen and oxygen atoms in total. The quantitative estimate of drug-likeness (QED) is 0.239. The number of hydrogen-bond donors (Lipinski definition) is 1. The van der Waals surface area contributed by atoms with Gasteiger partial charge in [-0.25, -0.2) is 9.69 Å². The van der Waals surface area contributed by atoms with Gasteiger partial charge in [-0.3, -0.25) is 14.9 Å². The molecule has 0 aromatic heterocycles. The van der Waals surface area contributed by atoms with E-state index in [4.69, 9.17) is 9.47 Å². The third-order valence-corrected chi connectivity index (χ3v) is 6.13. The first-order valence-electron chi connectivity index (χ1n) is 12.4. The molecular weight excluding hydrogens is 480 g/mol. The van der Waals surface area contributed by atoms with Gasteiger partial charge in [-0.1, -0.05) is 67.6 Å². The summed E-state index contributed by atoms with van der Waals surface area (Å²) in [5, 5.41) is 4.05. The van der Waals surface area contributed by atoms with Gasteiger partial charge in [0.15, 0.2) is 0 Å². The van der Waals surface area contributed by atoms with E-state index in [2.05, 4.69) is 5.32 Å². The van der Waals surface area contributed by atoms with Crippen molar-refractivity contribution in [3.63, 3.8) is 0 Å². The first-order valence-corrected chi connectivity index (χ1v) is 12.4. The van der Waals surface area contributed by atoms with Crippen LogP contribution in [-0.2, 0) is 16.2 Å². The van der Waals surface area contributed by atoms with Gasteiger partial charge >= 0.3 is 6.03 Å². The zero-order chi connectivity index (χ0) is 26.5. The van der Waals surface area contributed by atoms with Gasteiger partial charge in [0.25, 0.3) is 11.8 Å². The van der Waals surface area contributed by atoms with E-state index in [1.807, 2.05) is 73.7 Å². The number of carbonyl (C=O) groups is 3. The number of imide groups is 2. The molecule has 1 N–H and O–H groups in total. The summed E-state index contributed by atoms with van der Waals surface area (Å²) in [6.45, 7) is 2.87. The van der Waals surface area contributed by atoms with Gasteiger partial charge in [-0.15, -0.1) is 0 Å². The Bertz CT molecular complexity index is 1530. The minimum atomic E-state index is -0.810. The number of barbiturate groups is 1. The lowest BCUT2D eigenvalue weighted by Gasteiger charge is -2.26. The van der Waals surface area contributed by atoms with Crippen molar-refractivity contribution in [2.45, 2.75) is 20.0 Å². The second-order valence-corrected chi connectivity index (χ2v) is 8.77. The van der Waals surface area contributed by atoms with Gasteiger partial charge in [-0.05, 0) is 59.2 Å². The number of anilines is 1. The highest BCUT2D eigenvalue weighted by atomic mass is 16.5. The summed E-state index contributed by atoms with van der Waals surface area (Å²) in [6, 6.07) is 26.9. The molecule has 5 rings (SSSR count). The number of nitrogens with one attached hydrogen (secondary N) is 1. The maximum atomic E-state index is 13.5.